The van der Waals surface area contributed by atoms with Crippen molar-refractivity contribution in [1.82, 2.24) is 10.2 Å². The van der Waals surface area contributed by atoms with E-state index < -0.39 is 30.4 Å². The molecular weight excluding hydrogens is 254 g/mol. The van der Waals surface area contributed by atoms with Gasteiger partial charge in [0.05, 0.1) is 12.5 Å². The van der Waals surface area contributed by atoms with E-state index in [1.54, 1.807) is 0 Å². The van der Waals surface area contributed by atoms with E-state index >= 15 is 0 Å². The lowest BCUT2D eigenvalue weighted by Gasteiger charge is -2.34. The van der Waals surface area contributed by atoms with E-state index in [0.717, 1.165) is 0 Å². The summed E-state index contributed by atoms with van der Waals surface area (Å²) in [6.45, 7) is 0.436. The van der Waals surface area contributed by atoms with Crippen LogP contribution in [0.15, 0.2) is 0 Å². The van der Waals surface area contributed by atoms with Crippen molar-refractivity contribution >= 4 is 17.9 Å². The topological polar surface area (TPSA) is 133 Å². The number of carbonyl (C=O) groups excluding carboxylic acids is 2. The van der Waals surface area contributed by atoms with Crippen molar-refractivity contribution in [2.75, 3.05) is 13.6 Å². The third kappa shape index (κ3) is 4.74. The van der Waals surface area contributed by atoms with Gasteiger partial charge in [-0.25, -0.2) is 9.59 Å². The molecule has 0 radical (unpaired) electrons. The molecule has 0 saturated heterocycles. The first-order chi connectivity index (χ1) is 8.79. The molecule has 19 heavy (non-hydrogen) atoms. The summed E-state index contributed by atoms with van der Waals surface area (Å²) in [5, 5.41) is 20.2. The number of rotatable bonds is 6. The number of hydrogen-bond acceptors (Lipinski definition) is 4. The fourth-order valence-electron chi connectivity index (χ4n) is 1.98. The van der Waals surface area contributed by atoms with Crippen molar-refractivity contribution in [1.29, 1.82) is 0 Å². The van der Waals surface area contributed by atoms with Gasteiger partial charge in [0.2, 0.25) is 5.91 Å². The molecule has 0 spiro atoms. The minimum absolute atomic E-state index is 0.227. The lowest BCUT2D eigenvalue weighted by atomic mass is 9.82. The highest BCUT2D eigenvalue weighted by atomic mass is 16.4. The zero-order valence-electron chi connectivity index (χ0n) is 10.7. The number of carboxylic acid groups (broad SMARTS) is 1. The van der Waals surface area contributed by atoms with Gasteiger partial charge in [0.1, 0.15) is 6.04 Å². The van der Waals surface area contributed by atoms with Crippen molar-refractivity contribution in [3.05, 3.63) is 0 Å². The lowest BCUT2D eigenvalue weighted by molar-refractivity contribution is -0.140. The predicted octanol–water partition coefficient (Wildman–Crippen LogP) is -1.27. The molecule has 1 fully saturated rings. The SMILES string of the molecule is CN(CC1CC(O)C1)C(=O)NC(CC(N)=O)C(=O)O. The highest BCUT2D eigenvalue weighted by Gasteiger charge is 2.30. The van der Waals surface area contributed by atoms with Gasteiger partial charge < -0.3 is 26.2 Å². The van der Waals surface area contributed by atoms with Gasteiger partial charge in [-0.05, 0) is 18.8 Å². The van der Waals surface area contributed by atoms with E-state index in [1.165, 1.54) is 11.9 Å². The van der Waals surface area contributed by atoms with E-state index in [1.807, 2.05) is 0 Å². The van der Waals surface area contributed by atoms with Crippen LogP contribution in [-0.2, 0) is 9.59 Å². The van der Waals surface area contributed by atoms with Crippen LogP contribution in [0.5, 0.6) is 0 Å². The maximum Gasteiger partial charge on any atom is 0.326 e. The van der Waals surface area contributed by atoms with Crippen LogP contribution in [-0.4, -0.2) is 58.8 Å². The van der Waals surface area contributed by atoms with E-state index in [4.69, 9.17) is 15.9 Å². The number of nitrogens with zero attached hydrogens (tertiary/aromatic N) is 1. The molecule has 1 aliphatic carbocycles. The standard InChI is InChI=1S/C11H19N3O5/c1-14(5-6-2-7(15)3-6)11(19)13-8(10(17)18)4-9(12)16/h6-8,15H,2-5H2,1H3,(H2,12,16)(H,13,19)(H,17,18). The summed E-state index contributed by atoms with van der Waals surface area (Å²) < 4.78 is 0. The first-order valence-corrected chi connectivity index (χ1v) is 6.00. The van der Waals surface area contributed by atoms with E-state index in [2.05, 4.69) is 5.32 Å². The van der Waals surface area contributed by atoms with Crippen LogP contribution >= 0.6 is 0 Å². The van der Waals surface area contributed by atoms with Crippen molar-refractivity contribution < 1.29 is 24.6 Å². The minimum Gasteiger partial charge on any atom is -0.480 e. The Bertz CT molecular complexity index is 367. The fourth-order valence-corrected chi connectivity index (χ4v) is 1.98. The first-order valence-electron chi connectivity index (χ1n) is 6.00. The number of aliphatic hydroxyl groups is 1. The Morgan fingerprint density at radius 2 is 2.00 bits per heavy atom. The Hall–Kier alpha value is -1.83. The monoisotopic (exact) mass is 273 g/mol. The van der Waals surface area contributed by atoms with Crippen LogP contribution in [0.1, 0.15) is 19.3 Å². The molecule has 0 bridgehead atoms. The summed E-state index contributed by atoms with van der Waals surface area (Å²) >= 11 is 0. The third-order valence-electron chi connectivity index (χ3n) is 3.09. The Labute approximate surface area is 110 Å². The number of urea groups is 1. The quantitative estimate of drug-likeness (QED) is 0.479. The summed E-state index contributed by atoms with van der Waals surface area (Å²) in [6, 6.07) is -1.89. The van der Waals surface area contributed by atoms with Crippen LogP contribution in [0.4, 0.5) is 4.79 Å². The van der Waals surface area contributed by atoms with Crippen molar-refractivity contribution in [3.63, 3.8) is 0 Å². The minimum atomic E-state index is -1.32. The zero-order chi connectivity index (χ0) is 14.6. The largest absolute Gasteiger partial charge is 0.480 e. The Morgan fingerprint density at radius 3 is 2.42 bits per heavy atom. The molecule has 0 aromatic rings. The molecule has 1 aliphatic rings. The number of aliphatic carboxylic acids is 1. The van der Waals surface area contributed by atoms with Gasteiger partial charge in [0.15, 0.2) is 0 Å². The summed E-state index contributed by atoms with van der Waals surface area (Å²) in [7, 11) is 1.53. The first kappa shape index (κ1) is 15.2. The van der Waals surface area contributed by atoms with E-state index in [9.17, 15) is 14.4 Å². The second kappa shape index (κ2) is 6.37. The van der Waals surface area contributed by atoms with Crippen molar-refractivity contribution in [2.24, 2.45) is 11.7 Å². The Morgan fingerprint density at radius 1 is 1.42 bits per heavy atom. The molecule has 1 saturated carbocycles. The van der Waals surface area contributed by atoms with Crippen molar-refractivity contribution in [3.8, 4) is 0 Å². The van der Waals surface area contributed by atoms with Crippen LogP contribution in [0.2, 0.25) is 0 Å². The number of carboxylic acids is 1. The van der Waals surface area contributed by atoms with Crippen LogP contribution < -0.4 is 11.1 Å². The molecule has 0 aromatic heterocycles. The van der Waals surface area contributed by atoms with Crippen LogP contribution in [0, 0.1) is 5.92 Å². The van der Waals surface area contributed by atoms with E-state index in [-0.39, 0.29) is 12.0 Å². The molecule has 0 heterocycles. The van der Waals surface area contributed by atoms with Gasteiger partial charge in [-0.1, -0.05) is 0 Å². The molecule has 1 unspecified atom stereocenters. The molecule has 8 heteroatoms. The second-order valence-corrected chi connectivity index (χ2v) is 4.88. The average molecular weight is 273 g/mol. The number of nitrogens with one attached hydrogen (secondary N) is 1. The van der Waals surface area contributed by atoms with Gasteiger partial charge in [-0.15, -0.1) is 0 Å². The molecule has 8 nitrogen and oxygen atoms in total. The Balaban J connectivity index is 2.42. The third-order valence-corrected chi connectivity index (χ3v) is 3.09. The van der Waals surface area contributed by atoms with Gasteiger partial charge in [-0.2, -0.15) is 0 Å². The summed E-state index contributed by atoms with van der Waals surface area (Å²) in [5.74, 6) is -1.87. The number of primary amides is 1. The molecular formula is C11H19N3O5. The number of nitrogens with two attached hydrogens (primary N) is 1. The summed E-state index contributed by atoms with van der Waals surface area (Å²) in [6.07, 6.45) is 0.530. The van der Waals surface area contributed by atoms with Gasteiger partial charge >= 0.3 is 12.0 Å². The molecule has 108 valence electrons. The van der Waals surface area contributed by atoms with Gasteiger partial charge in [0, 0.05) is 13.6 Å². The average Bonchev–Trinajstić information content (AvgIpc) is 2.24. The zero-order valence-corrected chi connectivity index (χ0v) is 10.7. The molecule has 0 aliphatic heterocycles. The molecule has 0 aromatic carbocycles. The molecule has 3 amide bonds. The predicted molar refractivity (Wildman–Crippen MR) is 65.1 cm³/mol. The van der Waals surface area contributed by atoms with E-state index in [0.29, 0.717) is 19.4 Å². The number of hydrogen-bond donors (Lipinski definition) is 4. The Kier molecular flexibility index (Phi) is 5.11. The molecule has 1 atom stereocenters. The fraction of sp³-hybridized carbons (Fsp3) is 0.727. The van der Waals surface area contributed by atoms with Crippen LogP contribution in [0.3, 0.4) is 0 Å². The van der Waals surface area contributed by atoms with Gasteiger partial charge in [-0.3, -0.25) is 4.79 Å². The maximum absolute atomic E-state index is 11.7. The number of carbonyl (C=O) groups is 3. The smallest absolute Gasteiger partial charge is 0.326 e. The van der Waals surface area contributed by atoms with Gasteiger partial charge in [0.25, 0.3) is 0 Å². The second-order valence-electron chi connectivity index (χ2n) is 4.88. The highest BCUT2D eigenvalue weighted by Crippen LogP contribution is 2.27. The number of amides is 3. The molecule has 1 rings (SSSR count). The molecule has 5 N–H and O–H groups in total. The summed E-state index contributed by atoms with van der Waals surface area (Å²) in [4.78, 5) is 34.6. The normalized spacial score (nSPS) is 23.1. The highest BCUT2D eigenvalue weighted by molar-refractivity contribution is 5.87. The summed E-state index contributed by atoms with van der Waals surface area (Å²) in [5.41, 5.74) is 4.91. The van der Waals surface area contributed by atoms with Crippen molar-refractivity contribution in [2.45, 2.75) is 31.4 Å². The van der Waals surface area contributed by atoms with Crippen LogP contribution in [0.25, 0.3) is 0 Å². The number of aliphatic hydroxyl groups excluding tert-OH is 1. The lowest BCUT2D eigenvalue weighted by Crippen LogP contribution is -2.50. The maximum atomic E-state index is 11.7.